The standard InChI is InChI=1S/C22H21ClN4O4S/c1-3-14-4-7-16(8-5-14)26-32(30,31)18-12-15(6-9-17(18)23)21-13(2)25-27-20(29)11-10-19(28)24-22(21)27/h4-9,12,26H,3,10-11H2,1-2H3,(H,24,28). The Morgan fingerprint density at radius 3 is 2.53 bits per heavy atom. The van der Waals surface area contributed by atoms with E-state index in [1.807, 2.05) is 19.1 Å². The van der Waals surface area contributed by atoms with Crippen LogP contribution in [0.15, 0.2) is 47.4 Å². The van der Waals surface area contributed by atoms with Crippen LogP contribution in [-0.4, -0.2) is 30.0 Å². The molecule has 8 nitrogen and oxygen atoms in total. The minimum atomic E-state index is -4.00. The molecular formula is C22H21ClN4O4S. The highest BCUT2D eigenvalue weighted by molar-refractivity contribution is 7.92. The summed E-state index contributed by atoms with van der Waals surface area (Å²) in [5, 5.41) is 7.01. The predicted molar refractivity (Wildman–Crippen MR) is 123 cm³/mol. The molecule has 0 aliphatic carbocycles. The van der Waals surface area contributed by atoms with Crippen molar-refractivity contribution in [1.29, 1.82) is 0 Å². The lowest BCUT2D eigenvalue weighted by molar-refractivity contribution is -0.116. The number of aryl methyl sites for hydroxylation is 2. The normalized spacial score (nSPS) is 14.0. The number of nitrogens with one attached hydrogen (secondary N) is 2. The summed E-state index contributed by atoms with van der Waals surface area (Å²) in [4.78, 5) is 24.3. The average Bonchev–Trinajstić information content (AvgIpc) is 3.01. The molecule has 0 bridgehead atoms. The Bertz CT molecular complexity index is 1330. The van der Waals surface area contributed by atoms with Crippen molar-refractivity contribution in [1.82, 2.24) is 9.78 Å². The third kappa shape index (κ3) is 4.13. The van der Waals surface area contributed by atoms with E-state index in [-0.39, 0.29) is 40.4 Å². The van der Waals surface area contributed by atoms with Gasteiger partial charge in [0.05, 0.1) is 10.7 Å². The number of rotatable bonds is 5. The van der Waals surface area contributed by atoms with Crippen LogP contribution >= 0.6 is 11.6 Å². The van der Waals surface area contributed by atoms with Crippen LogP contribution in [0.25, 0.3) is 11.1 Å². The number of hydrogen-bond acceptors (Lipinski definition) is 5. The minimum Gasteiger partial charge on any atom is -0.310 e. The van der Waals surface area contributed by atoms with Gasteiger partial charge in [0.25, 0.3) is 10.0 Å². The van der Waals surface area contributed by atoms with E-state index < -0.39 is 10.0 Å². The molecule has 2 N–H and O–H groups in total. The van der Waals surface area contributed by atoms with E-state index in [9.17, 15) is 18.0 Å². The summed E-state index contributed by atoms with van der Waals surface area (Å²) in [6, 6.07) is 11.6. The largest absolute Gasteiger partial charge is 0.310 e. The third-order valence-electron chi connectivity index (χ3n) is 5.24. The Hall–Kier alpha value is -3.17. The van der Waals surface area contributed by atoms with Crippen molar-refractivity contribution in [3.05, 3.63) is 58.7 Å². The molecule has 1 aliphatic rings. The second-order valence-electron chi connectivity index (χ2n) is 7.46. The van der Waals surface area contributed by atoms with Gasteiger partial charge in [-0.2, -0.15) is 9.78 Å². The maximum atomic E-state index is 13.1. The number of nitrogens with zero attached hydrogens (tertiary/aromatic N) is 2. The summed E-state index contributed by atoms with van der Waals surface area (Å²) in [7, 11) is -4.00. The van der Waals surface area contributed by atoms with Crippen molar-refractivity contribution in [2.45, 2.75) is 38.0 Å². The van der Waals surface area contributed by atoms with Gasteiger partial charge < -0.3 is 5.32 Å². The monoisotopic (exact) mass is 472 g/mol. The quantitative estimate of drug-likeness (QED) is 0.576. The van der Waals surface area contributed by atoms with Crippen LogP contribution in [0.2, 0.25) is 5.02 Å². The van der Waals surface area contributed by atoms with Gasteiger partial charge in [0, 0.05) is 24.1 Å². The van der Waals surface area contributed by atoms with Crippen LogP contribution < -0.4 is 10.0 Å². The maximum absolute atomic E-state index is 13.1. The number of carbonyl (C=O) groups excluding carboxylic acids is 2. The van der Waals surface area contributed by atoms with Gasteiger partial charge >= 0.3 is 0 Å². The van der Waals surface area contributed by atoms with Crippen LogP contribution in [0.1, 0.15) is 35.8 Å². The van der Waals surface area contributed by atoms with Crippen molar-refractivity contribution in [3.63, 3.8) is 0 Å². The summed E-state index contributed by atoms with van der Waals surface area (Å²) in [6.45, 7) is 3.70. The van der Waals surface area contributed by atoms with E-state index in [2.05, 4.69) is 15.1 Å². The SMILES string of the molecule is CCc1ccc(NS(=O)(=O)c2cc(-c3c(C)nn4c3NC(=O)CCC4=O)ccc2Cl)cc1. The van der Waals surface area contributed by atoms with Crippen LogP contribution in [0.4, 0.5) is 11.5 Å². The molecule has 0 saturated heterocycles. The first-order valence-electron chi connectivity index (χ1n) is 10.0. The third-order valence-corrected chi connectivity index (χ3v) is 7.11. The van der Waals surface area contributed by atoms with Gasteiger partial charge in [-0.15, -0.1) is 0 Å². The van der Waals surface area contributed by atoms with E-state index in [0.717, 1.165) is 16.7 Å². The van der Waals surface area contributed by atoms with Crippen LogP contribution in [0.5, 0.6) is 0 Å². The van der Waals surface area contributed by atoms with Gasteiger partial charge in [-0.25, -0.2) is 8.42 Å². The number of amides is 1. The molecule has 10 heteroatoms. The van der Waals surface area contributed by atoms with E-state index in [4.69, 9.17) is 11.6 Å². The first-order chi connectivity index (χ1) is 15.2. The smallest absolute Gasteiger partial charge is 0.263 e. The zero-order valence-electron chi connectivity index (χ0n) is 17.5. The Labute approximate surface area is 190 Å². The fraction of sp³-hybridized carbons (Fsp3) is 0.227. The minimum absolute atomic E-state index is 0.0420. The number of fused-ring (bicyclic) bond motifs is 1. The fourth-order valence-electron chi connectivity index (χ4n) is 3.57. The summed E-state index contributed by atoms with van der Waals surface area (Å²) >= 11 is 6.25. The Kier molecular flexibility index (Phi) is 5.79. The van der Waals surface area contributed by atoms with E-state index in [1.54, 1.807) is 25.1 Å². The van der Waals surface area contributed by atoms with Gasteiger partial charge in [0.15, 0.2) is 0 Å². The van der Waals surface area contributed by atoms with E-state index in [1.165, 1.54) is 12.1 Å². The number of anilines is 2. The first-order valence-corrected chi connectivity index (χ1v) is 11.9. The zero-order chi connectivity index (χ0) is 23.0. The Morgan fingerprint density at radius 2 is 1.84 bits per heavy atom. The molecule has 1 amide bonds. The van der Waals surface area contributed by atoms with Crippen molar-refractivity contribution in [2.75, 3.05) is 10.0 Å². The molecule has 2 aromatic carbocycles. The second kappa shape index (κ2) is 8.40. The first kappa shape index (κ1) is 22.0. The maximum Gasteiger partial charge on any atom is 0.263 e. The number of hydrogen-bond donors (Lipinski definition) is 2. The van der Waals surface area contributed by atoms with Crippen molar-refractivity contribution in [3.8, 4) is 11.1 Å². The fourth-order valence-corrected chi connectivity index (χ4v) is 5.16. The number of aromatic nitrogens is 2. The summed E-state index contributed by atoms with van der Waals surface area (Å²) in [6.07, 6.45) is 0.942. The number of carbonyl (C=O) groups is 2. The van der Waals surface area contributed by atoms with Gasteiger partial charge in [-0.1, -0.05) is 36.7 Å². The van der Waals surface area contributed by atoms with Crippen molar-refractivity contribution >= 4 is 44.9 Å². The van der Waals surface area contributed by atoms with Gasteiger partial charge in [0.1, 0.15) is 10.7 Å². The number of sulfonamides is 1. The topological polar surface area (TPSA) is 110 Å². The van der Waals surface area contributed by atoms with Gasteiger partial charge in [-0.05, 0) is 48.7 Å². The second-order valence-corrected chi connectivity index (χ2v) is 9.52. The highest BCUT2D eigenvalue weighted by atomic mass is 35.5. The van der Waals surface area contributed by atoms with Crippen molar-refractivity contribution < 1.29 is 18.0 Å². The van der Waals surface area contributed by atoms with Crippen LogP contribution in [-0.2, 0) is 21.2 Å². The molecular weight excluding hydrogens is 452 g/mol. The molecule has 1 aliphatic heterocycles. The molecule has 3 aromatic rings. The zero-order valence-corrected chi connectivity index (χ0v) is 19.0. The molecule has 32 heavy (non-hydrogen) atoms. The average molecular weight is 473 g/mol. The molecule has 0 spiro atoms. The molecule has 166 valence electrons. The highest BCUT2D eigenvalue weighted by Gasteiger charge is 2.27. The molecule has 2 heterocycles. The molecule has 0 unspecified atom stereocenters. The molecule has 0 saturated carbocycles. The van der Waals surface area contributed by atoms with E-state index in [0.29, 0.717) is 22.5 Å². The summed E-state index contributed by atoms with van der Waals surface area (Å²) in [5.74, 6) is -0.396. The lowest BCUT2D eigenvalue weighted by Crippen LogP contribution is -2.14. The van der Waals surface area contributed by atoms with Crippen LogP contribution in [0, 0.1) is 6.92 Å². The lowest BCUT2D eigenvalue weighted by atomic mass is 10.1. The number of halogens is 1. The molecule has 0 fully saturated rings. The Morgan fingerprint density at radius 1 is 1.12 bits per heavy atom. The van der Waals surface area contributed by atoms with Gasteiger partial charge in [0.2, 0.25) is 11.8 Å². The molecule has 1 aromatic heterocycles. The van der Waals surface area contributed by atoms with Crippen LogP contribution in [0.3, 0.4) is 0 Å². The van der Waals surface area contributed by atoms with Crippen molar-refractivity contribution in [2.24, 2.45) is 0 Å². The molecule has 0 radical (unpaired) electrons. The highest BCUT2D eigenvalue weighted by Crippen LogP contribution is 2.36. The number of benzene rings is 2. The summed E-state index contributed by atoms with van der Waals surface area (Å²) in [5.41, 5.74) is 2.90. The summed E-state index contributed by atoms with van der Waals surface area (Å²) < 4.78 is 29.9. The molecule has 0 atom stereocenters. The molecule has 4 rings (SSSR count). The Balaban J connectivity index is 1.77. The predicted octanol–water partition coefficient (Wildman–Crippen LogP) is 4.25. The van der Waals surface area contributed by atoms with Gasteiger partial charge in [-0.3, -0.25) is 14.3 Å². The van der Waals surface area contributed by atoms with E-state index >= 15 is 0 Å². The lowest BCUT2D eigenvalue weighted by Gasteiger charge is -2.12.